The summed E-state index contributed by atoms with van der Waals surface area (Å²) in [4.78, 5) is 22.4. The van der Waals surface area contributed by atoms with Crippen molar-refractivity contribution in [2.45, 2.75) is 19.8 Å². The molecule has 1 aliphatic rings. The van der Waals surface area contributed by atoms with Crippen LogP contribution >= 0.6 is 0 Å². The fraction of sp³-hybridized carbons (Fsp3) is 0.778. The van der Waals surface area contributed by atoms with E-state index in [0.717, 1.165) is 12.8 Å². The van der Waals surface area contributed by atoms with Gasteiger partial charge in [0.2, 0.25) is 5.91 Å². The molecule has 1 aliphatic carbocycles. The molecule has 14 heavy (non-hydrogen) atoms. The number of esters is 1. The number of amides is 1. The first-order chi connectivity index (χ1) is 6.64. The van der Waals surface area contributed by atoms with Gasteiger partial charge in [0.05, 0.1) is 12.0 Å². The fourth-order valence-electron chi connectivity index (χ4n) is 1.23. The van der Waals surface area contributed by atoms with E-state index >= 15 is 0 Å². The lowest BCUT2D eigenvalue weighted by molar-refractivity contribution is -0.144. The predicted molar refractivity (Wildman–Crippen MR) is 50.4 cm³/mol. The second-order valence-electron chi connectivity index (χ2n) is 3.47. The molecule has 0 radical (unpaired) electrons. The summed E-state index contributed by atoms with van der Waals surface area (Å²) in [6.07, 6.45) is 1.64. The van der Waals surface area contributed by atoms with E-state index in [1.807, 2.05) is 0 Å². The molecule has 0 aromatic heterocycles. The zero-order chi connectivity index (χ0) is 10.6. The van der Waals surface area contributed by atoms with Crippen molar-refractivity contribution in [1.82, 2.24) is 5.32 Å². The topological polar surface area (TPSA) is 81.4 Å². The van der Waals surface area contributed by atoms with Crippen molar-refractivity contribution in [2.24, 2.45) is 11.1 Å². The first kappa shape index (κ1) is 11.0. The minimum atomic E-state index is -0.409. The smallest absolute Gasteiger partial charge is 0.325 e. The second-order valence-corrected chi connectivity index (χ2v) is 3.47. The summed E-state index contributed by atoms with van der Waals surface area (Å²) >= 11 is 0. The number of hydrogen-bond donors (Lipinski definition) is 2. The molecule has 5 nitrogen and oxygen atoms in total. The summed E-state index contributed by atoms with van der Waals surface area (Å²) in [6, 6.07) is 0. The lowest BCUT2D eigenvalue weighted by Gasteiger charge is -2.11. The van der Waals surface area contributed by atoms with Crippen LogP contribution in [0.3, 0.4) is 0 Å². The summed E-state index contributed by atoms with van der Waals surface area (Å²) in [5.41, 5.74) is 5.06. The van der Waals surface area contributed by atoms with Crippen molar-refractivity contribution in [1.29, 1.82) is 0 Å². The molecule has 5 heteroatoms. The van der Waals surface area contributed by atoms with Gasteiger partial charge in [0.15, 0.2) is 0 Å². The molecule has 0 spiro atoms. The molecule has 0 saturated heterocycles. The lowest BCUT2D eigenvalue weighted by atomic mass is 10.1. The van der Waals surface area contributed by atoms with Crippen molar-refractivity contribution in [2.75, 3.05) is 19.7 Å². The Morgan fingerprint density at radius 3 is 2.57 bits per heavy atom. The summed E-state index contributed by atoms with van der Waals surface area (Å²) in [6.45, 7) is 2.34. The van der Waals surface area contributed by atoms with Gasteiger partial charge in [-0.2, -0.15) is 0 Å². The number of hydrogen-bond acceptors (Lipinski definition) is 4. The van der Waals surface area contributed by atoms with Gasteiger partial charge in [-0.15, -0.1) is 0 Å². The quantitative estimate of drug-likeness (QED) is 0.581. The number of ether oxygens (including phenoxy) is 1. The van der Waals surface area contributed by atoms with E-state index < -0.39 is 11.4 Å². The molecule has 3 N–H and O–H groups in total. The van der Waals surface area contributed by atoms with Gasteiger partial charge in [-0.25, -0.2) is 0 Å². The zero-order valence-corrected chi connectivity index (χ0v) is 8.34. The zero-order valence-electron chi connectivity index (χ0n) is 8.34. The second kappa shape index (κ2) is 4.41. The Hall–Kier alpha value is -1.10. The largest absolute Gasteiger partial charge is 0.465 e. The van der Waals surface area contributed by atoms with E-state index in [1.54, 1.807) is 6.92 Å². The Labute approximate surface area is 83.0 Å². The molecule has 0 unspecified atom stereocenters. The number of carbonyl (C=O) groups excluding carboxylic acids is 2. The molecule has 1 saturated carbocycles. The van der Waals surface area contributed by atoms with Gasteiger partial charge in [-0.1, -0.05) is 0 Å². The van der Waals surface area contributed by atoms with Crippen molar-refractivity contribution >= 4 is 11.9 Å². The van der Waals surface area contributed by atoms with Gasteiger partial charge in [0.25, 0.3) is 0 Å². The highest BCUT2D eigenvalue weighted by Crippen LogP contribution is 2.44. The Balaban J connectivity index is 2.25. The molecule has 1 rings (SSSR count). The van der Waals surface area contributed by atoms with E-state index in [-0.39, 0.29) is 12.5 Å². The van der Waals surface area contributed by atoms with E-state index in [4.69, 9.17) is 5.73 Å². The first-order valence-corrected chi connectivity index (χ1v) is 4.78. The van der Waals surface area contributed by atoms with Crippen molar-refractivity contribution in [3.63, 3.8) is 0 Å². The average molecular weight is 200 g/mol. The molecule has 80 valence electrons. The number of carbonyl (C=O) groups is 2. The number of nitrogens with one attached hydrogen (secondary N) is 1. The molecule has 0 aromatic rings. The molecule has 0 aromatic carbocycles. The average Bonchev–Trinajstić information content (AvgIpc) is 2.95. The number of nitrogens with two attached hydrogens (primary N) is 1. The monoisotopic (exact) mass is 200 g/mol. The van der Waals surface area contributed by atoms with Gasteiger partial charge in [0.1, 0.15) is 6.54 Å². The highest BCUT2D eigenvalue weighted by molar-refractivity contribution is 5.88. The van der Waals surface area contributed by atoms with Crippen LogP contribution in [0.4, 0.5) is 0 Å². The van der Waals surface area contributed by atoms with Crippen LogP contribution in [0.5, 0.6) is 0 Å². The Bertz CT molecular complexity index is 236. The Morgan fingerprint density at radius 1 is 1.50 bits per heavy atom. The third-order valence-corrected chi connectivity index (χ3v) is 2.42. The highest BCUT2D eigenvalue weighted by Gasteiger charge is 2.48. The van der Waals surface area contributed by atoms with E-state index in [9.17, 15) is 9.59 Å². The van der Waals surface area contributed by atoms with Gasteiger partial charge < -0.3 is 15.8 Å². The van der Waals surface area contributed by atoms with Crippen molar-refractivity contribution in [3.05, 3.63) is 0 Å². The van der Waals surface area contributed by atoms with Gasteiger partial charge in [0, 0.05) is 6.54 Å². The molecule has 1 amide bonds. The summed E-state index contributed by atoms with van der Waals surface area (Å²) in [5, 5.41) is 2.53. The molecule has 0 aliphatic heterocycles. The maximum Gasteiger partial charge on any atom is 0.325 e. The summed E-state index contributed by atoms with van der Waals surface area (Å²) in [7, 11) is 0. The Kier molecular flexibility index (Phi) is 3.46. The summed E-state index contributed by atoms with van der Waals surface area (Å²) < 4.78 is 4.67. The molecule has 0 bridgehead atoms. The normalized spacial score (nSPS) is 17.3. The third kappa shape index (κ3) is 2.45. The summed E-state index contributed by atoms with van der Waals surface area (Å²) in [5.74, 6) is -0.540. The molecular weight excluding hydrogens is 184 g/mol. The number of rotatable bonds is 5. The minimum absolute atomic E-state index is 0.0611. The van der Waals surface area contributed by atoms with Crippen LogP contribution in [0.2, 0.25) is 0 Å². The van der Waals surface area contributed by atoms with E-state index in [2.05, 4.69) is 10.1 Å². The van der Waals surface area contributed by atoms with Crippen molar-refractivity contribution < 1.29 is 14.3 Å². The lowest BCUT2D eigenvalue weighted by Crippen LogP contribution is -2.39. The first-order valence-electron chi connectivity index (χ1n) is 4.78. The van der Waals surface area contributed by atoms with Crippen LogP contribution in [-0.4, -0.2) is 31.6 Å². The van der Waals surface area contributed by atoms with Crippen LogP contribution < -0.4 is 11.1 Å². The Morgan fingerprint density at radius 2 is 2.14 bits per heavy atom. The molecule has 1 fully saturated rings. The van der Waals surface area contributed by atoms with Crippen LogP contribution in [0.15, 0.2) is 0 Å². The predicted octanol–water partition coefficient (Wildman–Crippen LogP) is -0.595. The van der Waals surface area contributed by atoms with Crippen LogP contribution in [0.1, 0.15) is 19.8 Å². The van der Waals surface area contributed by atoms with Gasteiger partial charge in [-0.05, 0) is 19.8 Å². The van der Waals surface area contributed by atoms with Crippen LogP contribution in [0, 0.1) is 5.41 Å². The van der Waals surface area contributed by atoms with Gasteiger partial charge >= 0.3 is 5.97 Å². The molecular formula is C9H16N2O3. The maximum atomic E-state index is 11.5. The standard InChI is InChI=1S/C9H16N2O3/c1-2-14-7(12)5-11-8(13)9(6-10)3-4-9/h2-6,10H2,1H3,(H,11,13). The molecule has 0 atom stereocenters. The molecule has 0 heterocycles. The SMILES string of the molecule is CCOC(=O)CNC(=O)C1(CN)CC1. The van der Waals surface area contributed by atoms with Gasteiger partial charge in [-0.3, -0.25) is 9.59 Å². The third-order valence-electron chi connectivity index (χ3n) is 2.42. The minimum Gasteiger partial charge on any atom is -0.465 e. The van der Waals surface area contributed by atoms with E-state index in [1.165, 1.54) is 0 Å². The highest BCUT2D eigenvalue weighted by atomic mass is 16.5. The van der Waals surface area contributed by atoms with Crippen LogP contribution in [0.25, 0.3) is 0 Å². The fourth-order valence-corrected chi connectivity index (χ4v) is 1.23. The van der Waals surface area contributed by atoms with E-state index in [0.29, 0.717) is 13.2 Å². The van der Waals surface area contributed by atoms with Crippen molar-refractivity contribution in [3.8, 4) is 0 Å². The van der Waals surface area contributed by atoms with Crippen LogP contribution in [-0.2, 0) is 14.3 Å². The maximum absolute atomic E-state index is 11.5.